The van der Waals surface area contributed by atoms with Crippen molar-refractivity contribution < 1.29 is 4.74 Å². The first-order valence-corrected chi connectivity index (χ1v) is 8.91. The molecular formula is C19H25N3O3. The molecule has 0 saturated carbocycles. The SMILES string of the molecule is CCC(Nc1c(N)c(=O)c1=O)Oc1cccc(CN2CCCCC2)c1. The van der Waals surface area contributed by atoms with Crippen molar-refractivity contribution in [2.45, 2.75) is 45.4 Å². The summed E-state index contributed by atoms with van der Waals surface area (Å²) in [7, 11) is 0. The maximum absolute atomic E-state index is 11.5. The molecule has 3 N–H and O–H groups in total. The zero-order chi connectivity index (χ0) is 17.8. The van der Waals surface area contributed by atoms with Gasteiger partial charge in [-0.1, -0.05) is 25.5 Å². The van der Waals surface area contributed by atoms with Crippen LogP contribution in [0, 0.1) is 0 Å². The number of nitrogens with one attached hydrogen (secondary N) is 1. The average Bonchev–Trinajstić information content (AvgIpc) is 2.65. The van der Waals surface area contributed by atoms with Gasteiger partial charge >= 0.3 is 0 Å². The second-order valence-electron chi connectivity index (χ2n) is 6.59. The Balaban J connectivity index is 1.63. The monoisotopic (exact) mass is 343 g/mol. The van der Waals surface area contributed by atoms with Gasteiger partial charge in [-0.2, -0.15) is 0 Å². The quantitative estimate of drug-likeness (QED) is 0.591. The summed E-state index contributed by atoms with van der Waals surface area (Å²) in [6, 6.07) is 8.01. The van der Waals surface area contributed by atoms with E-state index in [0.717, 1.165) is 25.4 Å². The zero-order valence-electron chi connectivity index (χ0n) is 14.6. The number of rotatable bonds is 7. The van der Waals surface area contributed by atoms with Gasteiger partial charge in [0.05, 0.1) is 0 Å². The lowest BCUT2D eigenvalue weighted by molar-refractivity contribution is 0.216. The van der Waals surface area contributed by atoms with Gasteiger partial charge in [0.25, 0.3) is 10.9 Å². The van der Waals surface area contributed by atoms with E-state index in [1.807, 2.05) is 25.1 Å². The number of nitrogen functional groups attached to an aromatic ring is 1. The van der Waals surface area contributed by atoms with Gasteiger partial charge in [0.1, 0.15) is 17.1 Å². The number of nitrogens with zero attached hydrogens (tertiary/aromatic N) is 1. The number of hydrogen-bond acceptors (Lipinski definition) is 6. The highest BCUT2D eigenvalue weighted by molar-refractivity contribution is 5.71. The smallest absolute Gasteiger partial charge is 0.253 e. The van der Waals surface area contributed by atoms with Gasteiger partial charge in [0.15, 0.2) is 6.23 Å². The molecule has 3 rings (SSSR count). The highest BCUT2D eigenvalue weighted by Gasteiger charge is 2.21. The summed E-state index contributed by atoms with van der Waals surface area (Å²) < 4.78 is 5.95. The molecule has 134 valence electrons. The van der Waals surface area contributed by atoms with Gasteiger partial charge in [0, 0.05) is 13.0 Å². The Labute approximate surface area is 147 Å². The molecule has 0 aromatic heterocycles. The third kappa shape index (κ3) is 4.02. The highest BCUT2D eigenvalue weighted by Crippen LogP contribution is 2.20. The molecule has 1 atom stereocenters. The predicted octanol–water partition coefficient (Wildman–Crippen LogP) is 2.08. The van der Waals surface area contributed by atoms with Crippen molar-refractivity contribution in [2.75, 3.05) is 24.1 Å². The summed E-state index contributed by atoms with van der Waals surface area (Å²) in [5, 5.41) is 2.93. The van der Waals surface area contributed by atoms with Crippen molar-refractivity contribution in [1.82, 2.24) is 4.90 Å². The van der Waals surface area contributed by atoms with E-state index in [-0.39, 0.29) is 11.4 Å². The predicted molar refractivity (Wildman–Crippen MR) is 99.7 cm³/mol. The van der Waals surface area contributed by atoms with Gasteiger partial charge in [-0.15, -0.1) is 0 Å². The number of nitrogens with two attached hydrogens (primary N) is 1. The average molecular weight is 343 g/mol. The molecule has 1 fully saturated rings. The molecule has 0 aliphatic carbocycles. The number of likely N-dealkylation sites (tertiary alicyclic amines) is 1. The van der Waals surface area contributed by atoms with Crippen LogP contribution in [-0.4, -0.2) is 24.2 Å². The molecule has 0 radical (unpaired) electrons. The van der Waals surface area contributed by atoms with E-state index in [9.17, 15) is 9.59 Å². The van der Waals surface area contributed by atoms with Crippen LogP contribution >= 0.6 is 0 Å². The van der Waals surface area contributed by atoms with Crippen LogP contribution in [-0.2, 0) is 6.54 Å². The van der Waals surface area contributed by atoms with Crippen LogP contribution in [0.5, 0.6) is 5.75 Å². The van der Waals surface area contributed by atoms with Crippen molar-refractivity contribution >= 4 is 11.4 Å². The molecule has 0 bridgehead atoms. The molecule has 6 nitrogen and oxygen atoms in total. The van der Waals surface area contributed by atoms with E-state index >= 15 is 0 Å². The van der Waals surface area contributed by atoms with E-state index in [1.165, 1.54) is 24.8 Å². The third-order valence-corrected chi connectivity index (χ3v) is 4.66. The van der Waals surface area contributed by atoms with Crippen LogP contribution in [0.1, 0.15) is 38.2 Å². The maximum Gasteiger partial charge on any atom is 0.253 e. The Morgan fingerprint density at radius 1 is 1.20 bits per heavy atom. The molecule has 1 heterocycles. The Kier molecular flexibility index (Phi) is 5.38. The summed E-state index contributed by atoms with van der Waals surface area (Å²) in [5.41, 5.74) is 5.74. The molecule has 6 heteroatoms. The zero-order valence-corrected chi connectivity index (χ0v) is 14.6. The molecule has 1 aliphatic rings. The second kappa shape index (κ2) is 7.70. The summed E-state index contributed by atoms with van der Waals surface area (Å²) in [6.45, 7) is 5.16. The Hall–Kier alpha value is -2.34. The lowest BCUT2D eigenvalue weighted by Crippen LogP contribution is -2.40. The summed E-state index contributed by atoms with van der Waals surface area (Å²) in [4.78, 5) is 25.2. The van der Waals surface area contributed by atoms with E-state index < -0.39 is 17.1 Å². The lowest BCUT2D eigenvalue weighted by atomic mass is 10.1. The summed E-state index contributed by atoms with van der Waals surface area (Å²) >= 11 is 0. The Morgan fingerprint density at radius 3 is 2.64 bits per heavy atom. The van der Waals surface area contributed by atoms with Crippen molar-refractivity contribution in [3.8, 4) is 5.75 Å². The van der Waals surface area contributed by atoms with E-state index in [0.29, 0.717) is 6.42 Å². The van der Waals surface area contributed by atoms with Crippen molar-refractivity contribution in [3.05, 3.63) is 50.3 Å². The lowest BCUT2D eigenvalue weighted by Gasteiger charge is -2.26. The highest BCUT2D eigenvalue weighted by atomic mass is 16.5. The molecule has 1 aliphatic heterocycles. The standard InChI is InChI=1S/C19H25N3O3/c1-2-15(21-17-16(20)18(23)19(17)24)25-14-8-6-7-13(11-14)12-22-9-4-3-5-10-22/h6-8,11,15,21H,2-5,9-10,12,20H2,1H3. The van der Waals surface area contributed by atoms with Crippen LogP contribution in [0.2, 0.25) is 0 Å². The molecular weight excluding hydrogens is 318 g/mol. The molecule has 2 aromatic rings. The fourth-order valence-electron chi connectivity index (χ4n) is 3.19. The third-order valence-electron chi connectivity index (χ3n) is 4.66. The van der Waals surface area contributed by atoms with Crippen molar-refractivity contribution in [1.29, 1.82) is 0 Å². The minimum Gasteiger partial charge on any atom is -0.471 e. The number of hydrogen-bond donors (Lipinski definition) is 2. The molecule has 0 amide bonds. The van der Waals surface area contributed by atoms with Crippen LogP contribution in [0.15, 0.2) is 33.9 Å². The minimum atomic E-state index is -0.624. The molecule has 0 spiro atoms. The van der Waals surface area contributed by atoms with Crippen LogP contribution < -0.4 is 26.6 Å². The summed E-state index contributed by atoms with van der Waals surface area (Å²) in [6.07, 6.45) is 4.08. The minimum absolute atomic E-state index is 0.00843. The van der Waals surface area contributed by atoms with E-state index in [4.69, 9.17) is 10.5 Å². The van der Waals surface area contributed by atoms with Gasteiger partial charge in [-0.3, -0.25) is 14.5 Å². The van der Waals surface area contributed by atoms with Crippen LogP contribution in [0.4, 0.5) is 11.4 Å². The van der Waals surface area contributed by atoms with Crippen molar-refractivity contribution in [2.24, 2.45) is 0 Å². The van der Waals surface area contributed by atoms with Crippen LogP contribution in [0.3, 0.4) is 0 Å². The number of piperidine rings is 1. The maximum atomic E-state index is 11.5. The van der Waals surface area contributed by atoms with Gasteiger partial charge in [-0.05, 0) is 43.6 Å². The van der Waals surface area contributed by atoms with E-state index in [1.54, 1.807) is 0 Å². The van der Waals surface area contributed by atoms with E-state index in [2.05, 4.69) is 16.3 Å². The largest absolute Gasteiger partial charge is 0.471 e. The molecule has 25 heavy (non-hydrogen) atoms. The summed E-state index contributed by atoms with van der Waals surface area (Å²) in [5.74, 6) is 0.742. The van der Waals surface area contributed by atoms with Gasteiger partial charge in [0.2, 0.25) is 0 Å². The first kappa shape index (κ1) is 17.5. The van der Waals surface area contributed by atoms with Gasteiger partial charge in [-0.25, -0.2) is 0 Å². The van der Waals surface area contributed by atoms with Gasteiger partial charge < -0.3 is 15.8 Å². The molecule has 1 unspecified atom stereocenters. The molecule has 2 aromatic carbocycles. The Bertz CT molecular complexity index is 789. The number of anilines is 2. The topological polar surface area (TPSA) is 84.7 Å². The normalized spacial score (nSPS) is 16.7. The molecule has 1 saturated heterocycles. The first-order valence-electron chi connectivity index (χ1n) is 8.91. The number of benzene rings is 1. The fraction of sp³-hybridized carbons (Fsp3) is 0.474. The Morgan fingerprint density at radius 2 is 1.96 bits per heavy atom. The second-order valence-corrected chi connectivity index (χ2v) is 6.59. The van der Waals surface area contributed by atoms with Crippen molar-refractivity contribution in [3.63, 3.8) is 0 Å². The first-order chi connectivity index (χ1) is 12.1. The van der Waals surface area contributed by atoms with Crippen LogP contribution in [0.25, 0.3) is 0 Å². The number of ether oxygens (including phenoxy) is 1. The fourth-order valence-corrected chi connectivity index (χ4v) is 3.19.